The molecule has 1 amide bonds. The van der Waals surface area contributed by atoms with Crippen molar-refractivity contribution < 1.29 is 14.7 Å². The van der Waals surface area contributed by atoms with Crippen molar-refractivity contribution in [2.75, 3.05) is 16.8 Å². The fraction of sp³-hybridized carbons (Fsp3) is 0.400. The molecule has 0 aliphatic carbocycles. The maximum Gasteiger partial charge on any atom is 0.338 e. The van der Waals surface area contributed by atoms with Gasteiger partial charge in [0, 0.05) is 30.7 Å². The maximum absolute atomic E-state index is 11.7. The maximum atomic E-state index is 11.7. The molecule has 1 saturated heterocycles. The molecule has 2 rings (SSSR count). The topological polar surface area (TPSA) is 83.4 Å². The fourth-order valence-corrected chi connectivity index (χ4v) is 2.08. The molecule has 1 aliphatic rings. The summed E-state index contributed by atoms with van der Waals surface area (Å²) in [7, 11) is 0. The molecule has 1 aromatic rings. The number of rotatable bonds is 3. The third kappa shape index (κ3) is 2.44. The minimum absolute atomic E-state index is 0.0115. The van der Waals surface area contributed by atoms with E-state index in [1.165, 1.54) is 17.3 Å². The number of alkyl halides is 1. The van der Waals surface area contributed by atoms with E-state index in [1.807, 2.05) is 0 Å². The Morgan fingerprint density at radius 2 is 2.18 bits per heavy atom. The first-order chi connectivity index (χ1) is 8.11. The first-order valence-electron chi connectivity index (χ1n) is 5.03. The van der Waals surface area contributed by atoms with Gasteiger partial charge in [0.1, 0.15) is 0 Å². The number of aromatic nitrogens is 2. The SMILES string of the molecule is O=C(O)c1cnc(N2CC(CBr)CC2=O)nc1. The fourth-order valence-electron chi connectivity index (χ4n) is 1.65. The van der Waals surface area contributed by atoms with E-state index in [-0.39, 0.29) is 23.3 Å². The van der Waals surface area contributed by atoms with Gasteiger partial charge in [0.2, 0.25) is 11.9 Å². The molecule has 17 heavy (non-hydrogen) atoms. The van der Waals surface area contributed by atoms with Crippen molar-refractivity contribution in [1.29, 1.82) is 0 Å². The van der Waals surface area contributed by atoms with Gasteiger partial charge in [0.05, 0.1) is 5.56 Å². The molecule has 0 aromatic carbocycles. The van der Waals surface area contributed by atoms with Crippen LogP contribution in [-0.4, -0.2) is 38.8 Å². The summed E-state index contributed by atoms with van der Waals surface area (Å²) in [6.45, 7) is 0.566. The molecule has 2 heterocycles. The number of anilines is 1. The minimum atomic E-state index is -1.08. The largest absolute Gasteiger partial charge is 0.478 e. The van der Waals surface area contributed by atoms with Gasteiger partial charge in [0.25, 0.3) is 0 Å². The molecule has 90 valence electrons. The summed E-state index contributed by atoms with van der Waals surface area (Å²) in [5.74, 6) is -0.589. The molecule has 7 heteroatoms. The van der Waals surface area contributed by atoms with Crippen LogP contribution < -0.4 is 4.90 Å². The molecule has 0 radical (unpaired) electrons. The highest BCUT2D eigenvalue weighted by Crippen LogP contribution is 2.23. The van der Waals surface area contributed by atoms with Crippen molar-refractivity contribution in [1.82, 2.24) is 9.97 Å². The molecule has 0 spiro atoms. The van der Waals surface area contributed by atoms with E-state index in [9.17, 15) is 9.59 Å². The van der Waals surface area contributed by atoms with Gasteiger partial charge in [-0.15, -0.1) is 0 Å². The first kappa shape index (κ1) is 12.0. The van der Waals surface area contributed by atoms with Crippen molar-refractivity contribution in [2.24, 2.45) is 5.92 Å². The lowest BCUT2D eigenvalue weighted by molar-refractivity contribution is -0.117. The number of hydrogen-bond donors (Lipinski definition) is 1. The van der Waals surface area contributed by atoms with E-state index in [2.05, 4.69) is 25.9 Å². The van der Waals surface area contributed by atoms with Gasteiger partial charge in [-0.1, -0.05) is 15.9 Å². The third-order valence-electron chi connectivity index (χ3n) is 2.55. The zero-order valence-corrected chi connectivity index (χ0v) is 10.4. The summed E-state index contributed by atoms with van der Waals surface area (Å²) in [4.78, 5) is 31.6. The monoisotopic (exact) mass is 299 g/mol. The van der Waals surface area contributed by atoms with Crippen LogP contribution in [0, 0.1) is 5.92 Å². The van der Waals surface area contributed by atoms with Gasteiger partial charge >= 0.3 is 5.97 Å². The van der Waals surface area contributed by atoms with Crippen molar-refractivity contribution in [2.45, 2.75) is 6.42 Å². The first-order valence-corrected chi connectivity index (χ1v) is 6.15. The number of aromatic carboxylic acids is 1. The zero-order chi connectivity index (χ0) is 12.4. The Kier molecular flexibility index (Phi) is 3.37. The molecule has 6 nitrogen and oxygen atoms in total. The van der Waals surface area contributed by atoms with Crippen LogP contribution in [0.25, 0.3) is 0 Å². The summed E-state index contributed by atoms with van der Waals surface area (Å²) in [5.41, 5.74) is 0.0115. The smallest absolute Gasteiger partial charge is 0.338 e. The average molecular weight is 300 g/mol. The average Bonchev–Trinajstić information content (AvgIpc) is 2.71. The molecule has 0 saturated carbocycles. The molecule has 1 unspecified atom stereocenters. The Hall–Kier alpha value is -1.50. The van der Waals surface area contributed by atoms with Crippen molar-refractivity contribution in [3.63, 3.8) is 0 Å². The summed E-state index contributed by atoms with van der Waals surface area (Å²) in [6.07, 6.45) is 2.88. The second-order valence-corrected chi connectivity index (χ2v) is 4.45. The summed E-state index contributed by atoms with van der Waals surface area (Å²) < 4.78 is 0. The molecule has 1 aromatic heterocycles. The molecule has 0 bridgehead atoms. The number of amides is 1. The van der Waals surface area contributed by atoms with Crippen LogP contribution >= 0.6 is 15.9 Å². The lowest BCUT2D eigenvalue weighted by Gasteiger charge is -2.13. The van der Waals surface area contributed by atoms with Crippen molar-refractivity contribution in [3.05, 3.63) is 18.0 Å². The van der Waals surface area contributed by atoms with Gasteiger partial charge < -0.3 is 5.11 Å². The predicted octanol–water partition coefficient (Wildman–Crippen LogP) is 0.923. The second kappa shape index (κ2) is 4.79. The Morgan fingerprint density at radius 1 is 1.53 bits per heavy atom. The van der Waals surface area contributed by atoms with Gasteiger partial charge in [0.15, 0.2) is 0 Å². The molecule has 1 fully saturated rings. The number of nitrogens with zero attached hydrogens (tertiary/aromatic N) is 3. The lowest BCUT2D eigenvalue weighted by Crippen LogP contribution is -2.26. The number of carboxylic acids is 1. The Labute approximate surface area is 106 Å². The molecule has 1 atom stereocenters. The van der Waals surface area contributed by atoms with E-state index in [4.69, 9.17) is 5.11 Å². The van der Waals surface area contributed by atoms with Gasteiger partial charge in [-0.25, -0.2) is 14.8 Å². The van der Waals surface area contributed by atoms with Gasteiger partial charge in [-0.05, 0) is 5.92 Å². The van der Waals surface area contributed by atoms with Crippen LogP contribution in [-0.2, 0) is 4.79 Å². The van der Waals surface area contributed by atoms with Crippen molar-refractivity contribution in [3.8, 4) is 0 Å². The summed E-state index contributed by atoms with van der Waals surface area (Å²) in [5, 5.41) is 9.46. The molecule has 1 aliphatic heterocycles. The second-order valence-electron chi connectivity index (χ2n) is 3.81. The van der Waals surface area contributed by atoms with Crippen molar-refractivity contribution >= 4 is 33.8 Å². The Balaban J connectivity index is 2.18. The Bertz CT molecular complexity index is 449. The van der Waals surface area contributed by atoms with E-state index >= 15 is 0 Å². The number of carbonyl (C=O) groups excluding carboxylic acids is 1. The van der Waals surface area contributed by atoms with E-state index in [1.54, 1.807) is 0 Å². The van der Waals surface area contributed by atoms with E-state index in [0.717, 1.165) is 5.33 Å². The standard InChI is InChI=1S/C10H10BrN3O3/c11-2-6-1-8(15)14(5-6)10-12-3-7(4-13-10)9(16)17/h3-4,6H,1-2,5H2,(H,16,17). The highest BCUT2D eigenvalue weighted by Gasteiger charge is 2.31. The van der Waals surface area contributed by atoms with Crippen LogP contribution in [0.2, 0.25) is 0 Å². The van der Waals surface area contributed by atoms with E-state index in [0.29, 0.717) is 13.0 Å². The number of hydrogen-bond acceptors (Lipinski definition) is 4. The molecular weight excluding hydrogens is 290 g/mol. The number of carboxylic acid groups (broad SMARTS) is 1. The van der Waals surface area contributed by atoms with Crippen LogP contribution in [0.1, 0.15) is 16.8 Å². The quantitative estimate of drug-likeness (QED) is 0.839. The summed E-state index contributed by atoms with van der Waals surface area (Å²) in [6, 6.07) is 0. The lowest BCUT2D eigenvalue weighted by atomic mass is 10.2. The highest BCUT2D eigenvalue weighted by atomic mass is 79.9. The van der Waals surface area contributed by atoms with Gasteiger partial charge in [-0.2, -0.15) is 0 Å². The minimum Gasteiger partial charge on any atom is -0.478 e. The summed E-state index contributed by atoms with van der Waals surface area (Å²) >= 11 is 3.34. The van der Waals surface area contributed by atoms with Crippen LogP contribution in [0.4, 0.5) is 5.95 Å². The number of halogens is 1. The highest BCUT2D eigenvalue weighted by molar-refractivity contribution is 9.09. The van der Waals surface area contributed by atoms with Crippen LogP contribution in [0.5, 0.6) is 0 Å². The predicted molar refractivity (Wildman–Crippen MR) is 63.2 cm³/mol. The third-order valence-corrected chi connectivity index (χ3v) is 3.47. The van der Waals surface area contributed by atoms with Crippen LogP contribution in [0.3, 0.4) is 0 Å². The van der Waals surface area contributed by atoms with Gasteiger partial charge in [-0.3, -0.25) is 9.69 Å². The zero-order valence-electron chi connectivity index (χ0n) is 8.84. The van der Waals surface area contributed by atoms with E-state index < -0.39 is 5.97 Å². The molecular formula is C10H10BrN3O3. The van der Waals surface area contributed by atoms with Crippen LogP contribution in [0.15, 0.2) is 12.4 Å². The molecule has 1 N–H and O–H groups in total. The number of carbonyl (C=O) groups is 2. The Morgan fingerprint density at radius 3 is 2.65 bits per heavy atom. The normalized spacial score (nSPS) is 19.7.